The van der Waals surface area contributed by atoms with Crippen molar-refractivity contribution in [2.75, 3.05) is 0 Å². The lowest BCUT2D eigenvalue weighted by Gasteiger charge is -2.18. The van der Waals surface area contributed by atoms with E-state index in [4.69, 9.17) is 5.26 Å². The van der Waals surface area contributed by atoms with Crippen LogP contribution in [0.1, 0.15) is 43.7 Å². The Morgan fingerprint density at radius 2 is 2.00 bits per heavy atom. The van der Waals surface area contributed by atoms with Crippen LogP contribution in [-0.2, 0) is 6.18 Å². The van der Waals surface area contributed by atoms with Crippen molar-refractivity contribution in [2.45, 2.75) is 38.8 Å². The van der Waals surface area contributed by atoms with E-state index >= 15 is 0 Å². The SMILES string of the molecule is CCCC(C)C(C#N)c1cccc(C(F)(F)F)c1. The van der Waals surface area contributed by atoms with Gasteiger partial charge in [0, 0.05) is 0 Å². The molecule has 0 N–H and O–H groups in total. The Morgan fingerprint density at radius 1 is 1.33 bits per heavy atom. The van der Waals surface area contributed by atoms with Crippen molar-refractivity contribution in [2.24, 2.45) is 5.92 Å². The molecule has 2 unspecified atom stereocenters. The van der Waals surface area contributed by atoms with E-state index in [1.165, 1.54) is 6.07 Å². The smallest absolute Gasteiger partial charge is 0.198 e. The molecule has 0 saturated carbocycles. The number of alkyl halides is 3. The molecule has 2 atom stereocenters. The fourth-order valence-electron chi connectivity index (χ4n) is 2.06. The van der Waals surface area contributed by atoms with Gasteiger partial charge in [0.1, 0.15) is 0 Å². The van der Waals surface area contributed by atoms with Gasteiger partial charge in [0.15, 0.2) is 0 Å². The first kappa shape index (κ1) is 14.6. The maximum atomic E-state index is 12.6. The van der Waals surface area contributed by atoms with Crippen molar-refractivity contribution in [1.82, 2.24) is 0 Å². The molecule has 0 radical (unpaired) electrons. The number of hydrogen-bond acceptors (Lipinski definition) is 1. The standard InChI is InChI=1S/C14H16F3N/c1-3-5-10(2)13(9-18)11-6-4-7-12(8-11)14(15,16)17/h4,6-8,10,13H,3,5H2,1-2H3. The summed E-state index contributed by atoms with van der Waals surface area (Å²) in [5.74, 6) is -0.421. The third-order valence-electron chi connectivity index (χ3n) is 3.03. The van der Waals surface area contributed by atoms with Gasteiger partial charge in [-0.2, -0.15) is 18.4 Å². The molecule has 0 aliphatic carbocycles. The molecule has 1 aromatic rings. The molecule has 0 fully saturated rings. The molecule has 0 amide bonds. The van der Waals surface area contributed by atoms with E-state index in [-0.39, 0.29) is 5.92 Å². The van der Waals surface area contributed by atoms with Gasteiger partial charge in [-0.15, -0.1) is 0 Å². The highest BCUT2D eigenvalue weighted by molar-refractivity contribution is 5.31. The van der Waals surface area contributed by atoms with Crippen LogP contribution in [-0.4, -0.2) is 0 Å². The zero-order valence-corrected chi connectivity index (χ0v) is 10.5. The molecular weight excluding hydrogens is 239 g/mol. The number of rotatable bonds is 4. The normalized spacial score (nSPS) is 14.9. The first-order valence-electron chi connectivity index (χ1n) is 5.97. The molecule has 4 heteroatoms. The molecule has 1 nitrogen and oxygen atoms in total. The molecule has 1 rings (SSSR count). The monoisotopic (exact) mass is 255 g/mol. The van der Waals surface area contributed by atoms with Crippen LogP contribution in [0.4, 0.5) is 13.2 Å². The summed E-state index contributed by atoms with van der Waals surface area (Å²) >= 11 is 0. The number of benzene rings is 1. The van der Waals surface area contributed by atoms with E-state index in [1.807, 2.05) is 13.8 Å². The van der Waals surface area contributed by atoms with Gasteiger partial charge in [-0.3, -0.25) is 0 Å². The summed E-state index contributed by atoms with van der Waals surface area (Å²) < 4.78 is 37.8. The molecule has 0 aliphatic rings. The minimum absolute atomic E-state index is 0.0588. The molecule has 0 bridgehead atoms. The summed E-state index contributed by atoms with van der Waals surface area (Å²) in [7, 11) is 0. The van der Waals surface area contributed by atoms with Crippen molar-refractivity contribution >= 4 is 0 Å². The van der Waals surface area contributed by atoms with Gasteiger partial charge in [-0.25, -0.2) is 0 Å². The van der Waals surface area contributed by atoms with E-state index < -0.39 is 17.7 Å². The number of nitrogens with zero attached hydrogens (tertiary/aromatic N) is 1. The lowest BCUT2D eigenvalue weighted by Crippen LogP contribution is -2.10. The average Bonchev–Trinajstić information content (AvgIpc) is 2.29. The molecular formula is C14H16F3N. The number of halogens is 3. The topological polar surface area (TPSA) is 23.8 Å². The summed E-state index contributed by atoms with van der Waals surface area (Å²) in [4.78, 5) is 0. The van der Waals surface area contributed by atoms with Crippen LogP contribution in [0.2, 0.25) is 0 Å². The highest BCUT2D eigenvalue weighted by Crippen LogP contribution is 2.33. The zero-order valence-electron chi connectivity index (χ0n) is 10.5. The van der Waals surface area contributed by atoms with Gasteiger partial charge in [0.2, 0.25) is 0 Å². The fourth-order valence-corrected chi connectivity index (χ4v) is 2.06. The Kier molecular flexibility index (Phi) is 4.77. The second-order valence-corrected chi connectivity index (χ2v) is 4.50. The molecule has 18 heavy (non-hydrogen) atoms. The summed E-state index contributed by atoms with van der Waals surface area (Å²) in [6.07, 6.45) is -2.61. The Labute approximate surface area is 105 Å². The van der Waals surface area contributed by atoms with Crippen LogP contribution < -0.4 is 0 Å². The maximum absolute atomic E-state index is 12.6. The molecule has 1 aromatic carbocycles. The van der Waals surface area contributed by atoms with Crippen LogP contribution in [0.3, 0.4) is 0 Å². The van der Waals surface area contributed by atoms with Crippen LogP contribution in [0.25, 0.3) is 0 Å². The summed E-state index contributed by atoms with van der Waals surface area (Å²) in [5, 5.41) is 9.14. The first-order chi connectivity index (χ1) is 8.40. The van der Waals surface area contributed by atoms with Gasteiger partial charge < -0.3 is 0 Å². The van der Waals surface area contributed by atoms with Gasteiger partial charge in [0.25, 0.3) is 0 Å². The predicted molar refractivity (Wildman–Crippen MR) is 63.9 cm³/mol. The van der Waals surface area contributed by atoms with Gasteiger partial charge in [-0.05, 0) is 24.0 Å². The van der Waals surface area contributed by atoms with Crippen molar-refractivity contribution in [3.63, 3.8) is 0 Å². The van der Waals surface area contributed by atoms with Crippen molar-refractivity contribution in [3.05, 3.63) is 35.4 Å². The van der Waals surface area contributed by atoms with Crippen molar-refractivity contribution in [3.8, 4) is 6.07 Å². The molecule has 0 heterocycles. The molecule has 98 valence electrons. The fraction of sp³-hybridized carbons (Fsp3) is 0.500. The Bertz CT molecular complexity index is 431. The number of hydrogen-bond donors (Lipinski definition) is 0. The first-order valence-corrected chi connectivity index (χ1v) is 5.97. The van der Waals surface area contributed by atoms with Crippen molar-refractivity contribution < 1.29 is 13.2 Å². The molecule has 0 aromatic heterocycles. The minimum Gasteiger partial charge on any atom is -0.198 e. The van der Waals surface area contributed by atoms with Crippen molar-refractivity contribution in [1.29, 1.82) is 5.26 Å². The Morgan fingerprint density at radius 3 is 2.50 bits per heavy atom. The highest BCUT2D eigenvalue weighted by atomic mass is 19.4. The van der Waals surface area contributed by atoms with E-state index in [2.05, 4.69) is 6.07 Å². The lowest BCUT2D eigenvalue weighted by molar-refractivity contribution is -0.137. The molecule has 0 aliphatic heterocycles. The molecule has 0 spiro atoms. The summed E-state index contributed by atoms with van der Waals surface area (Å²) in [5.41, 5.74) is -0.239. The largest absolute Gasteiger partial charge is 0.416 e. The maximum Gasteiger partial charge on any atom is 0.416 e. The van der Waals surface area contributed by atoms with Gasteiger partial charge >= 0.3 is 6.18 Å². The van der Waals surface area contributed by atoms with Crippen LogP contribution in [0.15, 0.2) is 24.3 Å². The minimum atomic E-state index is -4.36. The van der Waals surface area contributed by atoms with E-state index in [0.29, 0.717) is 5.56 Å². The predicted octanol–water partition coefficient (Wildman–Crippen LogP) is 4.75. The average molecular weight is 255 g/mol. The van der Waals surface area contributed by atoms with E-state index in [9.17, 15) is 13.2 Å². The van der Waals surface area contributed by atoms with Gasteiger partial charge in [-0.1, -0.05) is 38.5 Å². The second kappa shape index (κ2) is 5.90. The second-order valence-electron chi connectivity index (χ2n) is 4.50. The van der Waals surface area contributed by atoms with Crippen LogP contribution in [0.5, 0.6) is 0 Å². The zero-order chi connectivity index (χ0) is 13.8. The van der Waals surface area contributed by atoms with Crippen LogP contribution >= 0.6 is 0 Å². The molecule has 0 saturated heterocycles. The van der Waals surface area contributed by atoms with Gasteiger partial charge in [0.05, 0.1) is 17.6 Å². The summed E-state index contributed by atoms with van der Waals surface area (Å²) in [6, 6.07) is 7.18. The Hall–Kier alpha value is -1.50. The van der Waals surface area contributed by atoms with Crippen LogP contribution in [0, 0.1) is 17.2 Å². The van der Waals surface area contributed by atoms with E-state index in [1.54, 1.807) is 6.07 Å². The third-order valence-corrected chi connectivity index (χ3v) is 3.03. The Balaban J connectivity index is 3.05. The number of nitriles is 1. The summed E-state index contributed by atoms with van der Waals surface area (Å²) in [6.45, 7) is 3.90. The lowest BCUT2D eigenvalue weighted by atomic mass is 9.85. The third kappa shape index (κ3) is 3.49. The highest BCUT2D eigenvalue weighted by Gasteiger charge is 2.31. The quantitative estimate of drug-likeness (QED) is 0.761. The van der Waals surface area contributed by atoms with E-state index in [0.717, 1.165) is 25.0 Å².